The molecule has 0 fully saturated rings. The summed E-state index contributed by atoms with van der Waals surface area (Å²) in [6, 6.07) is 8.43. The van der Waals surface area contributed by atoms with Gasteiger partial charge >= 0.3 is 0 Å². The fraction of sp³-hybridized carbons (Fsp3) is 0.294. The Labute approximate surface area is 124 Å². The van der Waals surface area contributed by atoms with Gasteiger partial charge in [-0.05, 0) is 31.9 Å². The summed E-state index contributed by atoms with van der Waals surface area (Å²) in [5.74, 6) is 0. The molecule has 2 heterocycles. The van der Waals surface area contributed by atoms with Crippen LogP contribution in [0.3, 0.4) is 0 Å². The summed E-state index contributed by atoms with van der Waals surface area (Å²) < 4.78 is 1.85. The molecule has 0 radical (unpaired) electrons. The zero-order chi connectivity index (χ0) is 15.1. The summed E-state index contributed by atoms with van der Waals surface area (Å²) in [4.78, 5) is 4.69. The van der Waals surface area contributed by atoms with Gasteiger partial charge in [-0.3, -0.25) is 0 Å². The molecule has 2 N–H and O–H groups in total. The highest BCUT2D eigenvalue weighted by molar-refractivity contribution is 5.94. The summed E-state index contributed by atoms with van der Waals surface area (Å²) in [6.45, 7) is 6.71. The molecule has 3 aromatic rings. The highest BCUT2D eigenvalue weighted by Crippen LogP contribution is 2.31. The maximum Gasteiger partial charge on any atom is 0.158 e. The van der Waals surface area contributed by atoms with Crippen molar-refractivity contribution >= 4 is 11.0 Å². The molecule has 0 saturated heterocycles. The van der Waals surface area contributed by atoms with Crippen LogP contribution in [0, 0.1) is 20.8 Å². The summed E-state index contributed by atoms with van der Waals surface area (Å²) in [5, 5.41) is 5.78. The quantitative estimate of drug-likeness (QED) is 0.785. The number of pyridine rings is 1. The van der Waals surface area contributed by atoms with Gasteiger partial charge in [0.05, 0.1) is 5.39 Å². The van der Waals surface area contributed by atoms with Crippen LogP contribution in [-0.4, -0.2) is 14.8 Å². The Kier molecular flexibility index (Phi) is 3.26. The van der Waals surface area contributed by atoms with Gasteiger partial charge in [0, 0.05) is 24.8 Å². The normalized spacial score (nSPS) is 11.3. The summed E-state index contributed by atoms with van der Waals surface area (Å²) >= 11 is 0. The van der Waals surface area contributed by atoms with E-state index in [9.17, 15) is 0 Å². The smallest absolute Gasteiger partial charge is 0.158 e. The third-order valence-corrected chi connectivity index (χ3v) is 4.08. The van der Waals surface area contributed by atoms with Crippen LogP contribution in [0.2, 0.25) is 0 Å². The predicted octanol–water partition coefficient (Wildman–Crippen LogP) is 3.02. The lowest BCUT2D eigenvalue weighted by atomic mass is 10.00. The molecule has 21 heavy (non-hydrogen) atoms. The Hall–Kier alpha value is -2.20. The third-order valence-electron chi connectivity index (χ3n) is 4.08. The van der Waals surface area contributed by atoms with E-state index in [4.69, 9.17) is 10.7 Å². The van der Waals surface area contributed by atoms with Gasteiger partial charge in [-0.2, -0.15) is 5.10 Å². The van der Waals surface area contributed by atoms with Crippen LogP contribution in [0.5, 0.6) is 0 Å². The van der Waals surface area contributed by atoms with Crippen molar-refractivity contribution in [1.29, 1.82) is 0 Å². The maximum atomic E-state index is 5.89. The largest absolute Gasteiger partial charge is 0.326 e. The molecule has 4 nitrogen and oxygen atoms in total. The van der Waals surface area contributed by atoms with Crippen LogP contribution < -0.4 is 5.73 Å². The van der Waals surface area contributed by atoms with Crippen molar-refractivity contribution in [3.05, 3.63) is 46.6 Å². The third kappa shape index (κ3) is 2.12. The second-order valence-corrected chi connectivity index (χ2v) is 5.54. The second kappa shape index (κ2) is 4.97. The van der Waals surface area contributed by atoms with E-state index in [2.05, 4.69) is 43.2 Å². The Morgan fingerprint density at radius 2 is 1.76 bits per heavy atom. The first-order valence-electron chi connectivity index (χ1n) is 7.12. The second-order valence-electron chi connectivity index (χ2n) is 5.54. The molecular formula is C17H20N4. The Bertz CT molecular complexity index is 813. The van der Waals surface area contributed by atoms with Gasteiger partial charge in [0.25, 0.3) is 0 Å². The average molecular weight is 280 g/mol. The zero-order valence-electron chi connectivity index (χ0n) is 12.9. The van der Waals surface area contributed by atoms with Crippen molar-refractivity contribution in [1.82, 2.24) is 14.8 Å². The van der Waals surface area contributed by atoms with E-state index in [1.165, 1.54) is 11.1 Å². The fourth-order valence-corrected chi connectivity index (χ4v) is 2.85. The summed E-state index contributed by atoms with van der Waals surface area (Å²) in [7, 11) is 1.94. The monoisotopic (exact) mass is 280 g/mol. The molecule has 4 heteroatoms. The molecule has 0 spiro atoms. The lowest BCUT2D eigenvalue weighted by Crippen LogP contribution is -2.05. The molecule has 1 aromatic carbocycles. The minimum atomic E-state index is 0.503. The van der Waals surface area contributed by atoms with Gasteiger partial charge in [0.1, 0.15) is 5.69 Å². The van der Waals surface area contributed by atoms with Gasteiger partial charge in [-0.15, -0.1) is 0 Å². The minimum absolute atomic E-state index is 0.503. The van der Waals surface area contributed by atoms with Gasteiger partial charge < -0.3 is 5.73 Å². The van der Waals surface area contributed by atoms with Crippen molar-refractivity contribution in [3.63, 3.8) is 0 Å². The maximum absolute atomic E-state index is 5.89. The van der Waals surface area contributed by atoms with Gasteiger partial charge in [-0.25, -0.2) is 9.67 Å². The molecule has 2 aromatic heterocycles. The zero-order valence-corrected chi connectivity index (χ0v) is 12.9. The van der Waals surface area contributed by atoms with Crippen LogP contribution in [0.4, 0.5) is 0 Å². The van der Waals surface area contributed by atoms with Crippen LogP contribution in [0.25, 0.3) is 22.3 Å². The number of nitrogens with zero attached hydrogens (tertiary/aromatic N) is 3. The van der Waals surface area contributed by atoms with Crippen molar-refractivity contribution in [2.24, 2.45) is 12.8 Å². The number of hydrogen-bond donors (Lipinski definition) is 1. The molecule has 0 saturated carbocycles. The molecule has 0 bridgehead atoms. The van der Waals surface area contributed by atoms with Crippen LogP contribution in [-0.2, 0) is 13.6 Å². The number of benzene rings is 1. The Morgan fingerprint density at radius 1 is 1.10 bits per heavy atom. The fourth-order valence-electron chi connectivity index (χ4n) is 2.85. The van der Waals surface area contributed by atoms with E-state index >= 15 is 0 Å². The Balaban J connectivity index is 2.36. The molecule has 3 rings (SSSR count). The summed E-state index contributed by atoms with van der Waals surface area (Å²) in [6.07, 6.45) is 0. The number of aromatic nitrogens is 3. The van der Waals surface area contributed by atoms with Gasteiger partial charge in [-0.1, -0.05) is 29.8 Å². The molecule has 0 aliphatic carbocycles. The topological polar surface area (TPSA) is 56.7 Å². The van der Waals surface area contributed by atoms with E-state index < -0.39 is 0 Å². The first-order chi connectivity index (χ1) is 10.0. The number of aryl methyl sites for hydroxylation is 4. The molecule has 0 unspecified atom stereocenters. The average Bonchev–Trinajstić information content (AvgIpc) is 2.78. The van der Waals surface area contributed by atoms with E-state index in [1.807, 2.05) is 18.7 Å². The predicted molar refractivity (Wildman–Crippen MR) is 86.0 cm³/mol. The molecule has 0 amide bonds. The molecule has 108 valence electrons. The SMILES string of the molecule is Cc1ccc(-c2nn(C)c3nc(C)c(CN)c(C)c23)cc1. The van der Waals surface area contributed by atoms with Crippen LogP contribution in [0.15, 0.2) is 24.3 Å². The molecule has 0 aliphatic rings. The highest BCUT2D eigenvalue weighted by Gasteiger charge is 2.17. The van der Waals surface area contributed by atoms with E-state index in [-0.39, 0.29) is 0 Å². The van der Waals surface area contributed by atoms with E-state index in [0.717, 1.165) is 33.5 Å². The van der Waals surface area contributed by atoms with Crippen LogP contribution in [0.1, 0.15) is 22.4 Å². The van der Waals surface area contributed by atoms with Crippen molar-refractivity contribution in [2.45, 2.75) is 27.3 Å². The first-order valence-corrected chi connectivity index (χ1v) is 7.12. The molecule has 0 aliphatic heterocycles. The standard InChI is InChI=1S/C17H20N4/c1-10-5-7-13(8-6-10)16-15-11(2)14(9-18)12(3)19-17(15)21(4)20-16/h5-8H,9,18H2,1-4H3. The van der Waals surface area contributed by atoms with E-state index in [1.54, 1.807) is 0 Å². The summed E-state index contributed by atoms with van der Waals surface area (Å²) in [5.41, 5.74) is 13.4. The van der Waals surface area contributed by atoms with Crippen molar-refractivity contribution in [2.75, 3.05) is 0 Å². The lowest BCUT2D eigenvalue weighted by molar-refractivity contribution is 0.787. The Morgan fingerprint density at radius 3 is 2.38 bits per heavy atom. The minimum Gasteiger partial charge on any atom is -0.326 e. The number of rotatable bonds is 2. The lowest BCUT2D eigenvalue weighted by Gasteiger charge is -2.09. The van der Waals surface area contributed by atoms with Crippen LogP contribution >= 0.6 is 0 Å². The number of hydrogen-bond acceptors (Lipinski definition) is 3. The first kappa shape index (κ1) is 13.8. The van der Waals surface area contributed by atoms with Crippen molar-refractivity contribution < 1.29 is 0 Å². The van der Waals surface area contributed by atoms with Gasteiger partial charge in [0.15, 0.2) is 5.65 Å². The number of nitrogens with two attached hydrogens (primary N) is 1. The molecule has 0 atom stereocenters. The van der Waals surface area contributed by atoms with Crippen molar-refractivity contribution in [3.8, 4) is 11.3 Å². The molecular weight excluding hydrogens is 260 g/mol. The highest BCUT2D eigenvalue weighted by atomic mass is 15.3. The number of fused-ring (bicyclic) bond motifs is 1. The van der Waals surface area contributed by atoms with Gasteiger partial charge in [0.2, 0.25) is 0 Å². The van der Waals surface area contributed by atoms with E-state index in [0.29, 0.717) is 6.54 Å².